The van der Waals surface area contributed by atoms with Crippen molar-refractivity contribution in [3.8, 4) is 0 Å². The van der Waals surface area contributed by atoms with Gasteiger partial charge in [0, 0.05) is 43.0 Å². The van der Waals surface area contributed by atoms with E-state index in [1.165, 1.54) is 0 Å². The van der Waals surface area contributed by atoms with E-state index in [0.29, 0.717) is 11.9 Å². The molecule has 1 saturated heterocycles. The number of rotatable bonds is 5. The van der Waals surface area contributed by atoms with Crippen molar-refractivity contribution >= 4 is 17.2 Å². The van der Waals surface area contributed by atoms with Crippen LogP contribution in [0.2, 0.25) is 0 Å². The number of hydrogen-bond acceptors (Lipinski definition) is 4. The number of nitrogens with zero attached hydrogens (tertiary/aromatic N) is 2. The molecule has 0 aromatic carbocycles. The molecule has 1 aromatic rings. The molecule has 0 spiro atoms. The van der Waals surface area contributed by atoms with Gasteiger partial charge in [-0.25, -0.2) is 4.98 Å². The summed E-state index contributed by atoms with van der Waals surface area (Å²) in [5, 5.41) is 6.50. The second-order valence-corrected chi connectivity index (χ2v) is 6.15. The molecule has 1 amide bonds. The molecular formula is C14H23N3OS. The molecule has 106 valence electrons. The maximum absolute atomic E-state index is 12.5. The van der Waals surface area contributed by atoms with Gasteiger partial charge in [-0.05, 0) is 33.2 Å². The molecule has 1 N–H and O–H groups in total. The Hall–Kier alpha value is -0.940. The molecule has 2 atom stereocenters. The predicted octanol–water partition coefficient (Wildman–Crippen LogP) is 1.92. The quantitative estimate of drug-likeness (QED) is 0.897. The van der Waals surface area contributed by atoms with Gasteiger partial charge in [-0.2, -0.15) is 0 Å². The summed E-state index contributed by atoms with van der Waals surface area (Å²) in [6.45, 7) is 6.76. The number of carbonyl (C=O) groups excluding carboxylic acids is 1. The Bertz CT molecular complexity index is 393. The number of thiazole rings is 1. The van der Waals surface area contributed by atoms with Crippen LogP contribution in [0, 0.1) is 5.92 Å². The minimum atomic E-state index is 0.201. The molecule has 0 unspecified atom stereocenters. The van der Waals surface area contributed by atoms with Gasteiger partial charge in [0.25, 0.3) is 0 Å². The van der Waals surface area contributed by atoms with E-state index in [4.69, 9.17) is 0 Å². The van der Waals surface area contributed by atoms with Gasteiger partial charge in [-0.15, -0.1) is 11.3 Å². The standard InChI is InChI=1S/C14H23N3OS/c1-3-17(8-5-13-16-7-9-19-13)14(18)12-4-6-15-11(2)10-12/h7,9,11-12,15H,3-6,8,10H2,1-2H3/t11-,12-/m0/s1. The summed E-state index contributed by atoms with van der Waals surface area (Å²) in [4.78, 5) is 18.8. The van der Waals surface area contributed by atoms with Crippen molar-refractivity contribution in [2.75, 3.05) is 19.6 Å². The van der Waals surface area contributed by atoms with E-state index in [1.54, 1.807) is 11.3 Å². The fourth-order valence-corrected chi connectivity index (χ4v) is 3.26. The van der Waals surface area contributed by atoms with Crippen molar-refractivity contribution in [3.05, 3.63) is 16.6 Å². The topological polar surface area (TPSA) is 45.2 Å². The lowest BCUT2D eigenvalue weighted by atomic mass is 9.92. The molecule has 4 nitrogen and oxygen atoms in total. The van der Waals surface area contributed by atoms with Gasteiger partial charge in [0.2, 0.25) is 5.91 Å². The zero-order valence-electron chi connectivity index (χ0n) is 11.8. The Balaban J connectivity index is 1.87. The third-order valence-electron chi connectivity index (χ3n) is 3.75. The number of nitrogens with one attached hydrogen (secondary N) is 1. The van der Waals surface area contributed by atoms with Crippen LogP contribution in [0.1, 0.15) is 31.7 Å². The molecule has 0 saturated carbocycles. The highest BCUT2D eigenvalue weighted by atomic mass is 32.1. The first-order valence-corrected chi connectivity index (χ1v) is 7.99. The summed E-state index contributed by atoms with van der Waals surface area (Å²) in [5.74, 6) is 0.528. The first-order chi connectivity index (χ1) is 9.20. The molecule has 0 bridgehead atoms. The van der Waals surface area contributed by atoms with Gasteiger partial charge < -0.3 is 10.2 Å². The average molecular weight is 281 g/mol. The number of carbonyl (C=O) groups is 1. The van der Waals surface area contributed by atoms with Crippen molar-refractivity contribution < 1.29 is 4.79 Å². The minimum Gasteiger partial charge on any atom is -0.342 e. The molecule has 0 radical (unpaired) electrons. The Kier molecular flexibility index (Phi) is 5.34. The average Bonchev–Trinajstić information content (AvgIpc) is 2.92. The van der Waals surface area contributed by atoms with Crippen LogP contribution >= 0.6 is 11.3 Å². The lowest BCUT2D eigenvalue weighted by Crippen LogP contribution is -2.44. The number of likely N-dealkylation sites (N-methyl/N-ethyl adjacent to an activating group) is 1. The van der Waals surface area contributed by atoms with Crippen LogP contribution in [0.25, 0.3) is 0 Å². The van der Waals surface area contributed by atoms with E-state index >= 15 is 0 Å². The van der Waals surface area contributed by atoms with Gasteiger partial charge in [0.15, 0.2) is 0 Å². The Morgan fingerprint density at radius 1 is 1.63 bits per heavy atom. The summed E-state index contributed by atoms with van der Waals surface area (Å²) in [6, 6.07) is 0.459. The second kappa shape index (κ2) is 7.01. The Morgan fingerprint density at radius 2 is 2.47 bits per heavy atom. The monoisotopic (exact) mass is 281 g/mol. The zero-order valence-corrected chi connectivity index (χ0v) is 12.6. The van der Waals surface area contributed by atoms with Crippen molar-refractivity contribution in [2.45, 2.75) is 39.2 Å². The smallest absolute Gasteiger partial charge is 0.225 e. The van der Waals surface area contributed by atoms with Crippen molar-refractivity contribution in [3.63, 3.8) is 0 Å². The molecule has 5 heteroatoms. The van der Waals surface area contributed by atoms with Gasteiger partial charge in [-0.1, -0.05) is 0 Å². The van der Waals surface area contributed by atoms with Gasteiger partial charge >= 0.3 is 0 Å². The maximum Gasteiger partial charge on any atom is 0.225 e. The van der Waals surface area contributed by atoms with Crippen LogP contribution in [0.5, 0.6) is 0 Å². The maximum atomic E-state index is 12.5. The van der Waals surface area contributed by atoms with E-state index in [2.05, 4.69) is 24.1 Å². The number of hydrogen-bond donors (Lipinski definition) is 1. The number of amides is 1. The van der Waals surface area contributed by atoms with Crippen LogP contribution in [0.4, 0.5) is 0 Å². The Morgan fingerprint density at radius 3 is 3.11 bits per heavy atom. The third kappa shape index (κ3) is 4.01. The molecule has 2 rings (SSSR count). The molecule has 19 heavy (non-hydrogen) atoms. The van der Waals surface area contributed by atoms with Gasteiger partial charge in [0.05, 0.1) is 5.01 Å². The fraction of sp³-hybridized carbons (Fsp3) is 0.714. The van der Waals surface area contributed by atoms with Crippen LogP contribution in [0.15, 0.2) is 11.6 Å². The predicted molar refractivity (Wildman–Crippen MR) is 78.3 cm³/mol. The summed E-state index contributed by atoms with van der Waals surface area (Å²) < 4.78 is 0. The third-order valence-corrected chi connectivity index (χ3v) is 4.58. The summed E-state index contributed by atoms with van der Waals surface area (Å²) in [5.41, 5.74) is 0. The largest absolute Gasteiger partial charge is 0.342 e. The molecule has 1 aliphatic rings. The first kappa shape index (κ1) is 14.5. The highest BCUT2D eigenvalue weighted by Gasteiger charge is 2.27. The van der Waals surface area contributed by atoms with Crippen LogP contribution in [0.3, 0.4) is 0 Å². The van der Waals surface area contributed by atoms with Crippen molar-refractivity contribution in [2.24, 2.45) is 5.92 Å². The second-order valence-electron chi connectivity index (χ2n) is 5.17. The lowest BCUT2D eigenvalue weighted by molar-refractivity contribution is -0.136. The van der Waals surface area contributed by atoms with Crippen molar-refractivity contribution in [1.29, 1.82) is 0 Å². The SMILES string of the molecule is CCN(CCc1nccs1)C(=O)[C@H]1CCN[C@@H](C)C1. The van der Waals surface area contributed by atoms with Crippen molar-refractivity contribution in [1.82, 2.24) is 15.2 Å². The first-order valence-electron chi connectivity index (χ1n) is 7.11. The number of piperidine rings is 1. The molecule has 1 aliphatic heterocycles. The van der Waals surface area contributed by atoms with E-state index in [-0.39, 0.29) is 5.92 Å². The molecule has 1 fully saturated rings. The van der Waals surface area contributed by atoms with E-state index in [9.17, 15) is 4.79 Å². The Labute approximate surface area is 119 Å². The van der Waals surface area contributed by atoms with E-state index in [1.807, 2.05) is 16.5 Å². The zero-order chi connectivity index (χ0) is 13.7. The molecular weight excluding hydrogens is 258 g/mol. The van der Waals surface area contributed by atoms with Crippen LogP contribution in [-0.4, -0.2) is 41.5 Å². The van der Waals surface area contributed by atoms with Crippen LogP contribution in [-0.2, 0) is 11.2 Å². The van der Waals surface area contributed by atoms with E-state index in [0.717, 1.165) is 43.9 Å². The number of aromatic nitrogens is 1. The highest BCUT2D eigenvalue weighted by Crippen LogP contribution is 2.19. The summed E-state index contributed by atoms with van der Waals surface area (Å²) >= 11 is 1.66. The van der Waals surface area contributed by atoms with Gasteiger partial charge in [0.1, 0.15) is 0 Å². The van der Waals surface area contributed by atoms with E-state index < -0.39 is 0 Å². The minimum absolute atomic E-state index is 0.201. The van der Waals surface area contributed by atoms with Crippen LogP contribution < -0.4 is 5.32 Å². The molecule has 2 heterocycles. The summed E-state index contributed by atoms with van der Waals surface area (Å²) in [7, 11) is 0. The molecule has 0 aliphatic carbocycles. The summed E-state index contributed by atoms with van der Waals surface area (Å²) in [6.07, 6.45) is 4.63. The highest BCUT2D eigenvalue weighted by molar-refractivity contribution is 7.09. The fourth-order valence-electron chi connectivity index (χ4n) is 2.65. The lowest BCUT2D eigenvalue weighted by Gasteiger charge is -2.31. The normalized spacial score (nSPS) is 23.3. The van der Waals surface area contributed by atoms with Gasteiger partial charge in [-0.3, -0.25) is 4.79 Å². The molecule has 1 aromatic heterocycles.